The van der Waals surface area contributed by atoms with Crippen molar-refractivity contribution in [3.63, 3.8) is 0 Å². The molecule has 27 heavy (non-hydrogen) atoms. The molecule has 0 bridgehead atoms. The van der Waals surface area contributed by atoms with Crippen LogP contribution in [0.4, 0.5) is 16.2 Å². The Morgan fingerprint density at radius 3 is 2.30 bits per heavy atom. The standard InChI is InChI=1S/C21H20N4O2/c1-27-21(26)25(18-12-6-3-7-13-18)16-20(19-14-8-9-15-22-19)24-23-17-10-4-2-5-11-17/h2-15,23H,16H2,1H3/b24-20+. The second kappa shape index (κ2) is 9.15. The summed E-state index contributed by atoms with van der Waals surface area (Å²) in [6.07, 6.45) is 1.22. The molecule has 0 atom stereocenters. The van der Waals surface area contributed by atoms with Crippen LogP contribution in [0.2, 0.25) is 0 Å². The number of para-hydroxylation sites is 2. The van der Waals surface area contributed by atoms with Gasteiger partial charge >= 0.3 is 6.09 Å². The third kappa shape index (κ3) is 4.92. The molecule has 0 fully saturated rings. The van der Waals surface area contributed by atoms with Crippen LogP contribution in [0.1, 0.15) is 5.69 Å². The number of benzene rings is 2. The van der Waals surface area contributed by atoms with E-state index in [9.17, 15) is 4.79 Å². The molecule has 2 aromatic carbocycles. The highest BCUT2D eigenvalue weighted by molar-refractivity contribution is 6.06. The monoisotopic (exact) mass is 360 g/mol. The summed E-state index contributed by atoms with van der Waals surface area (Å²) >= 11 is 0. The van der Waals surface area contributed by atoms with Crippen molar-refractivity contribution in [2.45, 2.75) is 0 Å². The van der Waals surface area contributed by atoms with Crippen molar-refractivity contribution in [3.8, 4) is 0 Å². The second-order valence-corrected chi connectivity index (χ2v) is 5.64. The number of amides is 1. The molecule has 0 aliphatic carbocycles. The number of hydrogen-bond donors (Lipinski definition) is 1. The number of carbonyl (C=O) groups is 1. The second-order valence-electron chi connectivity index (χ2n) is 5.64. The van der Waals surface area contributed by atoms with Crippen molar-refractivity contribution in [1.29, 1.82) is 0 Å². The number of pyridine rings is 1. The predicted molar refractivity (Wildman–Crippen MR) is 107 cm³/mol. The first-order valence-electron chi connectivity index (χ1n) is 8.47. The van der Waals surface area contributed by atoms with E-state index in [4.69, 9.17) is 4.74 Å². The number of anilines is 2. The fraction of sp³-hybridized carbons (Fsp3) is 0.0952. The zero-order valence-electron chi connectivity index (χ0n) is 14.9. The SMILES string of the molecule is COC(=O)N(C/C(=N\Nc1ccccc1)c1ccccn1)c1ccccc1. The third-order valence-electron chi connectivity index (χ3n) is 3.83. The van der Waals surface area contributed by atoms with Crippen LogP contribution in [0.5, 0.6) is 0 Å². The fourth-order valence-corrected chi connectivity index (χ4v) is 2.48. The lowest BCUT2D eigenvalue weighted by atomic mass is 10.2. The minimum atomic E-state index is -0.468. The van der Waals surface area contributed by atoms with Crippen LogP contribution < -0.4 is 10.3 Å². The summed E-state index contributed by atoms with van der Waals surface area (Å²) in [5.41, 5.74) is 5.86. The number of methoxy groups -OCH3 is 1. The Bertz CT molecular complexity index is 884. The van der Waals surface area contributed by atoms with Crippen molar-refractivity contribution in [1.82, 2.24) is 4.98 Å². The van der Waals surface area contributed by atoms with Crippen molar-refractivity contribution in [3.05, 3.63) is 90.8 Å². The smallest absolute Gasteiger partial charge is 0.414 e. The third-order valence-corrected chi connectivity index (χ3v) is 3.83. The molecular weight excluding hydrogens is 340 g/mol. The molecule has 3 rings (SSSR count). The van der Waals surface area contributed by atoms with Gasteiger partial charge in [0.1, 0.15) is 5.71 Å². The van der Waals surface area contributed by atoms with Crippen molar-refractivity contribution in [2.24, 2.45) is 5.10 Å². The van der Waals surface area contributed by atoms with Gasteiger partial charge in [0.05, 0.1) is 25.0 Å². The van der Waals surface area contributed by atoms with Gasteiger partial charge in [0.2, 0.25) is 0 Å². The molecule has 0 spiro atoms. The quantitative estimate of drug-likeness (QED) is 0.529. The molecule has 1 amide bonds. The summed E-state index contributed by atoms with van der Waals surface area (Å²) in [5.74, 6) is 0. The number of ether oxygens (including phenoxy) is 1. The van der Waals surface area contributed by atoms with E-state index in [-0.39, 0.29) is 6.54 Å². The van der Waals surface area contributed by atoms with Crippen LogP contribution in [-0.2, 0) is 4.74 Å². The van der Waals surface area contributed by atoms with E-state index in [1.165, 1.54) is 12.0 Å². The highest BCUT2D eigenvalue weighted by atomic mass is 16.5. The Kier molecular flexibility index (Phi) is 6.14. The first-order chi connectivity index (χ1) is 13.3. The van der Waals surface area contributed by atoms with Crippen molar-refractivity contribution >= 4 is 23.2 Å². The van der Waals surface area contributed by atoms with Gasteiger partial charge in [0, 0.05) is 11.9 Å². The Morgan fingerprint density at radius 2 is 1.67 bits per heavy atom. The summed E-state index contributed by atoms with van der Waals surface area (Å²) in [5, 5.41) is 4.50. The Labute approximate surface area is 158 Å². The minimum Gasteiger partial charge on any atom is -0.452 e. The summed E-state index contributed by atoms with van der Waals surface area (Å²) < 4.78 is 4.96. The van der Waals surface area contributed by atoms with E-state index < -0.39 is 6.09 Å². The van der Waals surface area contributed by atoms with Gasteiger partial charge in [-0.15, -0.1) is 0 Å². The average Bonchev–Trinajstić information content (AvgIpc) is 2.75. The van der Waals surface area contributed by atoms with Crippen LogP contribution in [-0.4, -0.2) is 30.4 Å². The van der Waals surface area contributed by atoms with Gasteiger partial charge in [0.15, 0.2) is 0 Å². The molecule has 1 heterocycles. The number of aromatic nitrogens is 1. The average molecular weight is 360 g/mol. The normalized spacial score (nSPS) is 10.9. The van der Waals surface area contributed by atoms with Gasteiger partial charge in [-0.3, -0.25) is 15.3 Å². The maximum atomic E-state index is 12.4. The lowest BCUT2D eigenvalue weighted by molar-refractivity contribution is 0.179. The van der Waals surface area contributed by atoms with Gasteiger partial charge in [-0.25, -0.2) is 4.79 Å². The van der Waals surface area contributed by atoms with E-state index in [0.29, 0.717) is 17.1 Å². The van der Waals surface area contributed by atoms with Gasteiger partial charge in [0.25, 0.3) is 0 Å². The van der Waals surface area contributed by atoms with E-state index in [0.717, 1.165) is 5.69 Å². The highest BCUT2D eigenvalue weighted by Gasteiger charge is 2.20. The summed E-state index contributed by atoms with van der Waals surface area (Å²) in [7, 11) is 1.36. The molecule has 6 heteroatoms. The molecule has 3 aromatic rings. The molecule has 0 aliphatic rings. The molecule has 0 radical (unpaired) electrons. The molecule has 6 nitrogen and oxygen atoms in total. The molecule has 1 N–H and O–H groups in total. The molecule has 0 unspecified atom stereocenters. The fourth-order valence-electron chi connectivity index (χ4n) is 2.48. The summed E-state index contributed by atoms with van der Waals surface area (Å²) in [6.45, 7) is 0.202. The molecular formula is C21H20N4O2. The number of nitrogens with one attached hydrogen (secondary N) is 1. The number of carbonyl (C=O) groups excluding carboxylic acids is 1. The Morgan fingerprint density at radius 1 is 1.00 bits per heavy atom. The van der Waals surface area contributed by atoms with Crippen molar-refractivity contribution in [2.75, 3.05) is 24.0 Å². The van der Waals surface area contributed by atoms with Gasteiger partial charge < -0.3 is 4.74 Å². The minimum absolute atomic E-state index is 0.202. The van der Waals surface area contributed by atoms with E-state index in [1.54, 1.807) is 6.20 Å². The van der Waals surface area contributed by atoms with Crippen LogP contribution in [0.25, 0.3) is 0 Å². The molecule has 0 aliphatic heterocycles. The number of rotatable bonds is 6. The number of hydrogen-bond acceptors (Lipinski definition) is 5. The predicted octanol–water partition coefficient (Wildman–Crippen LogP) is 4.17. The maximum absolute atomic E-state index is 12.4. The van der Waals surface area contributed by atoms with E-state index in [1.807, 2.05) is 78.9 Å². The first kappa shape index (κ1) is 18.1. The zero-order chi connectivity index (χ0) is 18.9. The topological polar surface area (TPSA) is 66.8 Å². The van der Waals surface area contributed by atoms with Gasteiger partial charge in [-0.1, -0.05) is 42.5 Å². The molecule has 0 saturated heterocycles. The number of nitrogens with zero attached hydrogens (tertiary/aromatic N) is 3. The summed E-state index contributed by atoms with van der Waals surface area (Å²) in [6, 6.07) is 24.5. The lowest BCUT2D eigenvalue weighted by Crippen LogP contribution is -2.36. The largest absolute Gasteiger partial charge is 0.452 e. The Hall–Kier alpha value is -3.67. The molecule has 1 aromatic heterocycles. The number of hydrazone groups is 1. The first-order valence-corrected chi connectivity index (χ1v) is 8.47. The zero-order valence-corrected chi connectivity index (χ0v) is 14.9. The van der Waals surface area contributed by atoms with Gasteiger partial charge in [-0.2, -0.15) is 5.10 Å². The molecule has 0 saturated carbocycles. The van der Waals surface area contributed by atoms with Crippen LogP contribution >= 0.6 is 0 Å². The Balaban J connectivity index is 1.92. The lowest BCUT2D eigenvalue weighted by Gasteiger charge is -2.22. The van der Waals surface area contributed by atoms with E-state index >= 15 is 0 Å². The summed E-state index contributed by atoms with van der Waals surface area (Å²) in [4.78, 5) is 18.2. The van der Waals surface area contributed by atoms with Crippen LogP contribution in [0, 0.1) is 0 Å². The van der Waals surface area contributed by atoms with Crippen molar-refractivity contribution < 1.29 is 9.53 Å². The van der Waals surface area contributed by atoms with Gasteiger partial charge in [-0.05, 0) is 36.4 Å². The van der Waals surface area contributed by atoms with Crippen LogP contribution in [0.15, 0.2) is 90.2 Å². The van der Waals surface area contributed by atoms with Crippen LogP contribution in [0.3, 0.4) is 0 Å². The maximum Gasteiger partial charge on any atom is 0.414 e. The highest BCUT2D eigenvalue weighted by Crippen LogP contribution is 2.16. The molecule has 136 valence electrons. The van der Waals surface area contributed by atoms with E-state index in [2.05, 4.69) is 15.5 Å².